The molecule has 2 N–H and O–H groups in total. The highest BCUT2D eigenvalue weighted by Gasteiger charge is 2.50. The van der Waals surface area contributed by atoms with Gasteiger partial charge in [-0.15, -0.1) is 11.3 Å². The van der Waals surface area contributed by atoms with Gasteiger partial charge in [0.2, 0.25) is 0 Å². The van der Waals surface area contributed by atoms with Gasteiger partial charge in [0, 0.05) is 23.2 Å². The van der Waals surface area contributed by atoms with Gasteiger partial charge >= 0.3 is 0 Å². The van der Waals surface area contributed by atoms with Crippen LogP contribution in [0.3, 0.4) is 0 Å². The quantitative estimate of drug-likeness (QED) is 0.490. The molecule has 4 atom stereocenters. The molecule has 0 spiro atoms. The van der Waals surface area contributed by atoms with Crippen LogP contribution in [0.1, 0.15) is 37.6 Å². The summed E-state index contributed by atoms with van der Waals surface area (Å²) in [5.74, 6) is 0.808. The van der Waals surface area contributed by atoms with Crippen molar-refractivity contribution in [1.29, 1.82) is 0 Å². The minimum absolute atomic E-state index is 0.0830. The van der Waals surface area contributed by atoms with Crippen LogP contribution in [0, 0.1) is 11.8 Å². The Hall–Kier alpha value is -2.55. The fraction of sp³-hybridized carbons (Fsp3) is 0.458. The molecule has 4 aromatic heterocycles. The molecule has 8 heteroatoms. The Morgan fingerprint density at radius 3 is 3.03 bits per heavy atom. The number of anilines is 1. The van der Waals surface area contributed by atoms with E-state index in [-0.39, 0.29) is 12.1 Å². The van der Waals surface area contributed by atoms with Gasteiger partial charge in [-0.05, 0) is 63.3 Å². The van der Waals surface area contributed by atoms with Gasteiger partial charge in [0.05, 0.1) is 34.4 Å². The summed E-state index contributed by atoms with van der Waals surface area (Å²) >= 11 is 1.85. The first kappa shape index (κ1) is 20.1. The number of ether oxygens (including phenoxy) is 2. The largest absolute Gasteiger partial charge is 0.383 e. The molecule has 1 aliphatic heterocycles. The molecule has 4 aromatic rings. The van der Waals surface area contributed by atoms with E-state index in [0.29, 0.717) is 17.7 Å². The number of pyridine rings is 1. The standard InChI is InChI=1S/C24H27N5O2S/c1-24(2)30-12-17-14(5-6-15-11-18-20(32-15)4-3-8-26-18)10-19(21(17)31-24)29-9-7-16-22(25)27-13-28-23(16)29/h3-4,7-9,11,13-14,17,19,21H,5-6,10,12H2,1-2H3,(H2,25,27,28)/t14-,17+,19+,21+/m0/s1. The average Bonchev–Trinajstić information content (AvgIpc) is 3.46. The van der Waals surface area contributed by atoms with E-state index < -0.39 is 5.79 Å². The molecule has 0 aromatic carbocycles. The van der Waals surface area contributed by atoms with Gasteiger partial charge in [-0.25, -0.2) is 9.97 Å². The summed E-state index contributed by atoms with van der Waals surface area (Å²) in [6, 6.07) is 8.60. The van der Waals surface area contributed by atoms with Crippen LogP contribution >= 0.6 is 11.3 Å². The van der Waals surface area contributed by atoms with E-state index in [1.807, 2.05) is 43.5 Å². The molecule has 1 saturated carbocycles. The number of aryl methyl sites for hydroxylation is 1. The first-order chi connectivity index (χ1) is 15.5. The number of thiophene rings is 1. The molecule has 166 valence electrons. The van der Waals surface area contributed by atoms with Crippen molar-refractivity contribution in [3.05, 3.63) is 47.9 Å². The lowest BCUT2D eigenvalue weighted by atomic mass is 9.90. The van der Waals surface area contributed by atoms with Crippen molar-refractivity contribution in [3.8, 4) is 0 Å². The third-order valence-corrected chi connectivity index (χ3v) is 8.14. The second-order valence-electron chi connectivity index (χ2n) is 9.38. The van der Waals surface area contributed by atoms with Crippen molar-refractivity contribution in [3.63, 3.8) is 0 Å². The highest BCUT2D eigenvalue weighted by Crippen LogP contribution is 2.49. The van der Waals surface area contributed by atoms with Gasteiger partial charge in [-0.2, -0.15) is 0 Å². The Bertz CT molecular complexity index is 1250. The second-order valence-corrected chi connectivity index (χ2v) is 10.5. The summed E-state index contributed by atoms with van der Waals surface area (Å²) in [5, 5.41) is 0.900. The van der Waals surface area contributed by atoms with Crippen molar-refractivity contribution in [2.45, 2.75) is 51.0 Å². The van der Waals surface area contributed by atoms with E-state index >= 15 is 0 Å². The monoisotopic (exact) mass is 449 g/mol. The molecule has 5 heterocycles. The number of nitrogen functional groups attached to an aromatic ring is 1. The summed E-state index contributed by atoms with van der Waals surface area (Å²) in [4.78, 5) is 14.6. The van der Waals surface area contributed by atoms with Gasteiger partial charge in [0.25, 0.3) is 0 Å². The minimum Gasteiger partial charge on any atom is -0.383 e. The zero-order valence-electron chi connectivity index (χ0n) is 18.3. The number of hydrogen-bond acceptors (Lipinski definition) is 7. The molecule has 1 aliphatic carbocycles. The SMILES string of the molecule is CC1(C)OC[C@@H]2[C@@H](CCc3cc4ncccc4s3)C[C@@H](n3ccc4c(N)ncnc43)[C@@H]2O1. The van der Waals surface area contributed by atoms with Gasteiger partial charge in [0.15, 0.2) is 5.79 Å². The number of rotatable bonds is 4. The predicted octanol–water partition coefficient (Wildman–Crippen LogP) is 4.58. The van der Waals surface area contributed by atoms with Crippen LogP contribution in [0.5, 0.6) is 0 Å². The number of nitrogens with zero attached hydrogens (tertiary/aromatic N) is 4. The maximum atomic E-state index is 6.52. The van der Waals surface area contributed by atoms with Crippen LogP contribution in [0.15, 0.2) is 43.0 Å². The molecule has 7 nitrogen and oxygen atoms in total. The van der Waals surface area contributed by atoms with Gasteiger partial charge in [-0.1, -0.05) is 0 Å². The van der Waals surface area contributed by atoms with Gasteiger partial charge in [0.1, 0.15) is 17.8 Å². The van der Waals surface area contributed by atoms with Crippen molar-refractivity contribution < 1.29 is 9.47 Å². The van der Waals surface area contributed by atoms with Crippen LogP contribution < -0.4 is 5.73 Å². The molecule has 0 radical (unpaired) electrons. The van der Waals surface area contributed by atoms with E-state index in [0.717, 1.165) is 42.4 Å². The highest BCUT2D eigenvalue weighted by molar-refractivity contribution is 7.19. The maximum Gasteiger partial charge on any atom is 0.163 e. The van der Waals surface area contributed by atoms with Crippen molar-refractivity contribution in [2.24, 2.45) is 11.8 Å². The molecule has 6 rings (SSSR count). The number of nitrogens with two attached hydrogens (primary N) is 1. The molecule has 2 aliphatic rings. The van der Waals surface area contributed by atoms with Crippen LogP contribution in [0.2, 0.25) is 0 Å². The van der Waals surface area contributed by atoms with Crippen LogP contribution in [-0.2, 0) is 15.9 Å². The zero-order valence-corrected chi connectivity index (χ0v) is 19.1. The van der Waals surface area contributed by atoms with Gasteiger partial charge in [-0.3, -0.25) is 4.98 Å². The first-order valence-electron chi connectivity index (χ1n) is 11.2. The van der Waals surface area contributed by atoms with Crippen LogP contribution in [0.4, 0.5) is 5.82 Å². The zero-order chi connectivity index (χ0) is 21.9. The molecule has 0 unspecified atom stereocenters. The first-order valence-corrected chi connectivity index (χ1v) is 12.0. The fourth-order valence-electron chi connectivity index (χ4n) is 5.46. The van der Waals surface area contributed by atoms with Crippen molar-refractivity contribution >= 4 is 38.4 Å². The van der Waals surface area contributed by atoms with Crippen LogP contribution in [0.25, 0.3) is 21.3 Å². The Morgan fingerprint density at radius 1 is 1.25 bits per heavy atom. The topological polar surface area (TPSA) is 88.1 Å². The van der Waals surface area contributed by atoms with Gasteiger partial charge < -0.3 is 19.8 Å². The van der Waals surface area contributed by atoms with E-state index in [1.54, 1.807) is 6.33 Å². The van der Waals surface area contributed by atoms with Crippen molar-refractivity contribution in [1.82, 2.24) is 19.5 Å². The summed E-state index contributed by atoms with van der Waals surface area (Å²) < 4.78 is 16.1. The molecule has 1 saturated heterocycles. The summed E-state index contributed by atoms with van der Waals surface area (Å²) in [7, 11) is 0. The second kappa shape index (κ2) is 7.50. The Morgan fingerprint density at radius 2 is 2.16 bits per heavy atom. The molecular weight excluding hydrogens is 422 g/mol. The lowest BCUT2D eigenvalue weighted by Gasteiger charge is -2.41. The molecule has 2 fully saturated rings. The van der Waals surface area contributed by atoms with E-state index in [2.05, 4.69) is 37.8 Å². The molecular formula is C24H27N5O2S. The lowest BCUT2D eigenvalue weighted by molar-refractivity contribution is -0.295. The van der Waals surface area contributed by atoms with Crippen LogP contribution in [-0.4, -0.2) is 38.0 Å². The molecule has 32 heavy (non-hydrogen) atoms. The number of fused-ring (bicyclic) bond motifs is 3. The third-order valence-electron chi connectivity index (χ3n) is 6.99. The summed E-state index contributed by atoms with van der Waals surface area (Å²) in [6.07, 6.45) is 8.76. The third kappa shape index (κ3) is 3.37. The van der Waals surface area contributed by atoms with E-state index in [4.69, 9.17) is 15.2 Å². The maximum absolute atomic E-state index is 6.52. The predicted molar refractivity (Wildman–Crippen MR) is 125 cm³/mol. The minimum atomic E-state index is -0.581. The molecule has 0 amide bonds. The fourth-order valence-corrected chi connectivity index (χ4v) is 6.50. The summed E-state index contributed by atoms with van der Waals surface area (Å²) in [6.45, 7) is 4.74. The average molecular weight is 450 g/mol. The summed E-state index contributed by atoms with van der Waals surface area (Å²) in [5.41, 5.74) is 8.07. The Labute approximate surface area is 190 Å². The van der Waals surface area contributed by atoms with E-state index in [1.165, 1.54) is 9.58 Å². The normalized spacial score (nSPS) is 27.2. The lowest BCUT2D eigenvalue weighted by Crippen LogP contribution is -2.47. The highest BCUT2D eigenvalue weighted by atomic mass is 32.1. The van der Waals surface area contributed by atoms with E-state index in [9.17, 15) is 0 Å². The number of hydrogen-bond donors (Lipinski definition) is 1. The molecule has 0 bridgehead atoms. The number of aromatic nitrogens is 4. The smallest absolute Gasteiger partial charge is 0.163 e. The Balaban J connectivity index is 1.29. The Kier molecular flexibility index (Phi) is 4.71. The van der Waals surface area contributed by atoms with Crippen molar-refractivity contribution in [2.75, 3.05) is 12.3 Å².